The molecule has 0 amide bonds. The summed E-state index contributed by atoms with van der Waals surface area (Å²) in [5, 5.41) is 4.37. The van der Waals surface area contributed by atoms with Crippen LogP contribution < -0.4 is 10.1 Å². The van der Waals surface area contributed by atoms with Crippen LogP contribution in [0.5, 0.6) is 5.75 Å². The summed E-state index contributed by atoms with van der Waals surface area (Å²) in [5.74, 6) is 0.570. The van der Waals surface area contributed by atoms with E-state index < -0.39 is 21.5 Å². The SMILES string of the molecule is CCC(OCCS(C)(=O)=O)C1(c2cc3c(Nc4ccc(OCc5cccc(F)c5)c(Cl)c4)ncnc3cn2)CC=CO1. The summed E-state index contributed by atoms with van der Waals surface area (Å²) in [4.78, 5) is 13.5. The highest BCUT2D eigenvalue weighted by Gasteiger charge is 2.45. The maximum absolute atomic E-state index is 13.5. The van der Waals surface area contributed by atoms with Gasteiger partial charge in [-0.15, -0.1) is 0 Å². The fourth-order valence-electron chi connectivity index (χ4n) is 4.81. The van der Waals surface area contributed by atoms with Crippen LogP contribution in [-0.4, -0.2) is 48.1 Å². The predicted molar refractivity (Wildman–Crippen MR) is 159 cm³/mol. The third kappa shape index (κ3) is 6.80. The molecule has 3 heterocycles. The van der Waals surface area contributed by atoms with Crippen LogP contribution in [0.4, 0.5) is 15.9 Å². The van der Waals surface area contributed by atoms with Crippen LogP contribution in [0.25, 0.3) is 10.9 Å². The quantitative estimate of drug-likeness (QED) is 0.202. The third-order valence-corrected chi connectivity index (χ3v) is 8.10. The summed E-state index contributed by atoms with van der Waals surface area (Å²) >= 11 is 6.50. The molecule has 0 bridgehead atoms. The molecule has 1 aliphatic heterocycles. The van der Waals surface area contributed by atoms with Gasteiger partial charge in [-0.1, -0.05) is 30.7 Å². The van der Waals surface area contributed by atoms with E-state index in [0.717, 1.165) is 0 Å². The van der Waals surface area contributed by atoms with E-state index in [4.69, 9.17) is 25.8 Å². The van der Waals surface area contributed by atoms with Crippen molar-refractivity contribution in [1.29, 1.82) is 0 Å². The molecule has 0 spiro atoms. The van der Waals surface area contributed by atoms with Crippen molar-refractivity contribution >= 4 is 43.8 Å². The van der Waals surface area contributed by atoms with Crippen molar-refractivity contribution in [1.82, 2.24) is 15.0 Å². The number of nitrogens with one attached hydrogen (secondary N) is 1. The number of anilines is 2. The zero-order valence-corrected chi connectivity index (χ0v) is 24.7. The molecule has 0 aliphatic carbocycles. The fraction of sp³-hybridized carbons (Fsp3) is 0.300. The first-order valence-electron chi connectivity index (χ1n) is 13.3. The largest absolute Gasteiger partial charge is 0.487 e. The van der Waals surface area contributed by atoms with E-state index in [9.17, 15) is 12.8 Å². The highest BCUT2D eigenvalue weighted by molar-refractivity contribution is 7.90. The Morgan fingerprint density at radius 1 is 1.17 bits per heavy atom. The lowest BCUT2D eigenvalue weighted by atomic mass is 9.87. The number of benzene rings is 2. The van der Waals surface area contributed by atoms with E-state index in [1.54, 1.807) is 42.8 Å². The van der Waals surface area contributed by atoms with Gasteiger partial charge in [0.2, 0.25) is 0 Å². The van der Waals surface area contributed by atoms with Crippen molar-refractivity contribution < 1.29 is 27.0 Å². The number of rotatable bonds is 12. The number of pyridine rings is 1. The van der Waals surface area contributed by atoms with Crippen LogP contribution in [0.15, 0.2) is 73.4 Å². The summed E-state index contributed by atoms with van der Waals surface area (Å²) in [7, 11) is -3.18. The van der Waals surface area contributed by atoms with Crippen LogP contribution in [0.2, 0.25) is 5.02 Å². The van der Waals surface area contributed by atoms with Gasteiger partial charge in [0.05, 0.1) is 41.1 Å². The van der Waals surface area contributed by atoms with Gasteiger partial charge in [-0.05, 0) is 54.5 Å². The number of aromatic nitrogens is 3. The topological polar surface area (TPSA) is 113 Å². The van der Waals surface area contributed by atoms with Crippen LogP contribution in [0.3, 0.4) is 0 Å². The molecular weight excluding hydrogens is 583 g/mol. The zero-order valence-electron chi connectivity index (χ0n) is 23.1. The maximum atomic E-state index is 13.5. The van der Waals surface area contributed by atoms with E-state index >= 15 is 0 Å². The minimum atomic E-state index is -3.18. The number of nitrogens with zero attached hydrogens (tertiary/aromatic N) is 3. The molecule has 0 radical (unpaired) electrons. The van der Waals surface area contributed by atoms with Gasteiger partial charge in [-0.2, -0.15) is 0 Å². The van der Waals surface area contributed by atoms with Gasteiger partial charge >= 0.3 is 0 Å². The van der Waals surface area contributed by atoms with Crippen molar-refractivity contribution in [2.45, 2.75) is 38.1 Å². The Balaban J connectivity index is 1.39. The Bertz CT molecular complexity index is 1710. The molecule has 1 aliphatic rings. The molecule has 42 heavy (non-hydrogen) atoms. The Kier molecular flexibility index (Phi) is 8.91. The minimum absolute atomic E-state index is 0.0503. The predicted octanol–water partition coefficient (Wildman–Crippen LogP) is 6.11. The second kappa shape index (κ2) is 12.6. The molecule has 2 unspecified atom stereocenters. The van der Waals surface area contributed by atoms with Crippen LogP contribution in [0.1, 0.15) is 31.0 Å². The van der Waals surface area contributed by atoms with Gasteiger partial charge in [0.1, 0.15) is 46.3 Å². The molecule has 2 aromatic carbocycles. The standard InChI is InChI=1S/C30H30ClFN4O5S/c1-3-28(39-12-13-42(2,37)38)30(10-5-11-41-30)27-16-23-25(17-33-27)34-19-35-29(23)36-22-8-9-26(24(31)15-22)40-18-20-6-4-7-21(32)14-20/h4-9,11,14-17,19,28H,3,10,12-13,18H2,1-2H3,(H,34,35,36). The second-order valence-corrected chi connectivity index (χ2v) is 12.6. The number of ether oxygens (including phenoxy) is 3. The monoisotopic (exact) mass is 612 g/mol. The van der Waals surface area contributed by atoms with Gasteiger partial charge in [0, 0.05) is 23.8 Å². The maximum Gasteiger partial charge on any atom is 0.179 e. The third-order valence-electron chi connectivity index (χ3n) is 6.89. The molecule has 220 valence electrons. The first kappa shape index (κ1) is 29.7. The Hall–Kier alpha value is -3.80. The molecule has 4 aromatic rings. The van der Waals surface area contributed by atoms with Crippen LogP contribution >= 0.6 is 11.6 Å². The fourth-order valence-corrected chi connectivity index (χ4v) is 5.45. The van der Waals surface area contributed by atoms with Crippen molar-refractivity contribution in [2.75, 3.05) is 23.9 Å². The summed E-state index contributed by atoms with van der Waals surface area (Å²) in [6, 6.07) is 13.3. The van der Waals surface area contributed by atoms with Gasteiger partial charge < -0.3 is 19.5 Å². The van der Waals surface area contributed by atoms with Crippen molar-refractivity contribution in [3.63, 3.8) is 0 Å². The lowest BCUT2D eigenvalue weighted by Gasteiger charge is -2.35. The Morgan fingerprint density at radius 3 is 2.74 bits per heavy atom. The van der Waals surface area contributed by atoms with Gasteiger partial charge in [-0.3, -0.25) is 4.98 Å². The molecule has 0 fully saturated rings. The molecule has 2 atom stereocenters. The van der Waals surface area contributed by atoms with Crippen molar-refractivity contribution in [3.05, 3.63) is 95.5 Å². The summed E-state index contributed by atoms with van der Waals surface area (Å²) in [6.07, 6.45) is 8.43. The molecule has 0 saturated carbocycles. The minimum Gasteiger partial charge on any atom is -0.487 e. The number of halogens is 2. The van der Waals surface area contributed by atoms with Gasteiger partial charge in [0.15, 0.2) is 5.60 Å². The lowest BCUT2D eigenvalue weighted by Crippen LogP contribution is -2.42. The average Bonchev–Trinajstić information content (AvgIpc) is 3.45. The highest BCUT2D eigenvalue weighted by Crippen LogP contribution is 2.41. The molecular formula is C30H30ClFN4O5S. The molecule has 0 saturated heterocycles. The van der Waals surface area contributed by atoms with Gasteiger partial charge in [-0.25, -0.2) is 22.8 Å². The molecule has 9 nitrogen and oxygen atoms in total. The Morgan fingerprint density at radius 2 is 2.02 bits per heavy atom. The Labute approximate surface area is 248 Å². The first-order valence-corrected chi connectivity index (χ1v) is 15.8. The van der Waals surface area contributed by atoms with Crippen LogP contribution in [0, 0.1) is 5.82 Å². The highest BCUT2D eigenvalue weighted by atomic mass is 35.5. The van der Waals surface area contributed by atoms with E-state index in [2.05, 4.69) is 20.3 Å². The number of fused-ring (bicyclic) bond motifs is 1. The smallest absolute Gasteiger partial charge is 0.179 e. The van der Waals surface area contributed by atoms with Gasteiger partial charge in [0.25, 0.3) is 0 Å². The molecule has 1 N–H and O–H groups in total. The number of sulfone groups is 1. The first-order chi connectivity index (χ1) is 20.2. The number of hydrogen-bond acceptors (Lipinski definition) is 9. The number of hydrogen-bond donors (Lipinski definition) is 1. The molecule has 2 aromatic heterocycles. The second-order valence-electron chi connectivity index (χ2n) is 9.98. The van der Waals surface area contributed by atoms with Crippen molar-refractivity contribution in [3.8, 4) is 5.75 Å². The summed E-state index contributed by atoms with van der Waals surface area (Å²) in [6.45, 7) is 2.18. The molecule has 5 rings (SSSR count). The van der Waals surface area contributed by atoms with E-state index in [0.29, 0.717) is 57.3 Å². The zero-order chi connectivity index (χ0) is 29.7. The van der Waals surface area contributed by atoms with E-state index in [-0.39, 0.29) is 24.8 Å². The van der Waals surface area contributed by atoms with E-state index in [1.807, 2.05) is 19.1 Å². The lowest BCUT2D eigenvalue weighted by molar-refractivity contribution is -0.109. The molecule has 12 heteroatoms. The summed E-state index contributed by atoms with van der Waals surface area (Å²) < 4.78 is 54.8. The normalized spacial score (nSPS) is 17.2. The average molecular weight is 613 g/mol. The van der Waals surface area contributed by atoms with E-state index in [1.165, 1.54) is 24.7 Å². The summed E-state index contributed by atoms with van der Waals surface area (Å²) in [5.41, 5.74) is 1.65. The van der Waals surface area contributed by atoms with Crippen molar-refractivity contribution in [2.24, 2.45) is 0 Å². The van der Waals surface area contributed by atoms with Crippen LogP contribution in [-0.2, 0) is 31.5 Å².